The summed E-state index contributed by atoms with van der Waals surface area (Å²) in [6, 6.07) is 0. The van der Waals surface area contributed by atoms with Gasteiger partial charge in [-0.1, -0.05) is 0 Å². The molecular formula is C16H24N8S2. The van der Waals surface area contributed by atoms with Crippen LogP contribution in [0.3, 0.4) is 0 Å². The van der Waals surface area contributed by atoms with Crippen LogP contribution in [0.2, 0.25) is 0 Å². The Hall–Kier alpha value is -2.12. The third-order valence-electron chi connectivity index (χ3n) is 3.36. The Bertz CT molecular complexity index is 648. The van der Waals surface area contributed by atoms with E-state index in [9.17, 15) is 0 Å². The predicted octanol–water partition coefficient (Wildman–Crippen LogP) is 1.40. The molecule has 2 aromatic rings. The van der Waals surface area contributed by atoms with Crippen LogP contribution >= 0.6 is 23.5 Å². The highest BCUT2D eigenvalue weighted by atomic mass is 32.2. The molecule has 2 rings (SSSR count). The van der Waals surface area contributed by atoms with Crippen molar-refractivity contribution in [2.24, 2.45) is 4.99 Å². The molecule has 0 atom stereocenters. The maximum atomic E-state index is 8.82. The highest BCUT2D eigenvalue weighted by Crippen LogP contribution is 2.04. The first-order valence-electron chi connectivity index (χ1n) is 8.42. The van der Waals surface area contributed by atoms with E-state index in [0.29, 0.717) is 12.5 Å². The first-order chi connectivity index (χ1) is 12.9. The molecule has 10 heteroatoms. The second-order valence-electron chi connectivity index (χ2n) is 5.27. The number of rotatable bonds is 12. The number of thioether (sulfide) groups is 2. The molecule has 0 aliphatic rings. The zero-order chi connectivity index (χ0) is 18.3. The third kappa shape index (κ3) is 8.82. The topological polar surface area (TPSA) is 118 Å². The molecule has 0 amide bonds. The van der Waals surface area contributed by atoms with Gasteiger partial charge in [0.15, 0.2) is 6.19 Å². The van der Waals surface area contributed by atoms with E-state index in [1.807, 2.05) is 42.1 Å². The van der Waals surface area contributed by atoms with Gasteiger partial charge in [-0.3, -0.25) is 10.3 Å². The Kier molecular flexibility index (Phi) is 10.2. The van der Waals surface area contributed by atoms with Crippen LogP contribution in [0.1, 0.15) is 11.4 Å². The van der Waals surface area contributed by atoms with Crippen LogP contribution in [0.15, 0.2) is 30.0 Å². The summed E-state index contributed by atoms with van der Waals surface area (Å²) in [4.78, 5) is 18.6. The Balaban J connectivity index is 1.50. The van der Waals surface area contributed by atoms with Crippen molar-refractivity contribution in [1.82, 2.24) is 30.6 Å². The molecule has 0 saturated heterocycles. The van der Waals surface area contributed by atoms with Gasteiger partial charge in [0.25, 0.3) is 0 Å². The second kappa shape index (κ2) is 13.1. The van der Waals surface area contributed by atoms with E-state index in [-0.39, 0.29) is 0 Å². The van der Waals surface area contributed by atoms with Crippen LogP contribution in [0.5, 0.6) is 0 Å². The molecule has 8 nitrogen and oxygen atoms in total. The van der Waals surface area contributed by atoms with Crippen LogP contribution in [-0.2, 0) is 12.8 Å². The summed E-state index contributed by atoms with van der Waals surface area (Å²) in [5.41, 5.74) is 2.31. The van der Waals surface area contributed by atoms with E-state index in [4.69, 9.17) is 5.26 Å². The lowest BCUT2D eigenvalue weighted by molar-refractivity contribution is 0.915. The van der Waals surface area contributed by atoms with Crippen LogP contribution in [0, 0.1) is 11.5 Å². The average molecular weight is 393 g/mol. The Morgan fingerprint density at radius 1 is 1.04 bits per heavy atom. The number of H-pyrrole nitrogens is 2. The standard InChI is InChI=1S/C16H24N8S2/c17-11-22-16(20-3-7-25-5-1-14-9-18-12-23-14)21-4-8-26-6-2-15-10-19-13-24-15/h9-10,12-13H,1-8H2,(H,18,23)(H,19,24)(H2,20,21,22). The first-order valence-corrected chi connectivity index (χ1v) is 10.7. The zero-order valence-corrected chi connectivity index (χ0v) is 16.2. The predicted molar refractivity (Wildman–Crippen MR) is 108 cm³/mol. The molecule has 4 N–H and O–H groups in total. The van der Waals surface area contributed by atoms with Gasteiger partial charge in [0.2, 0.25) is 5.96 Å². The van der Waals surface area contributed by atoms with Crippen LogP contribution < -0.4 is 10.6 Å². The van der Waals surface area contributed by atoms with Crippen molar-refractivity contribution in [3.8, 4) is 6.19 Å². The van der Waals surface area contributed by atoms with E-state index in [0.717, 1.165) is 53.8 Å². The molecule has 0 bridgehead atoms. The van der Waals surface area contributed by atoms with E-state index in [1.165, 1.54) is 0 Å². The highest BCUT2D eigenvalue weighted by molar-refractivity contribution is 7.99. The van der Waals surface area contributed by atoms with Crippen molar-refractivity contribution < 1.29 is 0 Å². The molecule has 0 unspecified atom stereocenters. The largest absolute Gasteiger partial charge is 0.355 e. The summed E-state index contributed by atoms with van der Waals surface area (Å²) < 4.78 is 0. The van der Waals surface area contributed by atoms with Crippen molar-refractivity contribution >= 4 is 29.5 Å². The van der Waals surface area contributed by atoms with E-state index in [1.54, 1.807) is 12.7 Å². The fraction of sp³-hybridized carbons (Fsp3) is 0.500. The van der Waals surface area contributed by atoms with Gasteiger partial charge >= 0.3 is 0 Å². The number of hydrogen-bond acceptors (Lipinski definition) is 6. The van der Waals surface area contributed by atoms with Gasteiger partial charge in [0.05, 0.1) is 19.2 Å². The summed E-state index contributed by atoms with van der Waals surface area (Å²) in [5, 5.41) is 14.6. The van der Waals surface area contributed by atoms with Gasteiger partial charge in [-0.05, 0) is 24.3 Å². The number of hydrogen-bond donors (Lipinski definition) is 4. The highest BCUT2D eigenvalue weighted by Gasteiger charge is 1.99. The number of aryl methyl sites for hydroxylation is 2. The minimum absolute atomic E-state index is 0.552. The van der Waals surface area contributed by atoms with Crippen LogP contribution in [0.4, 0.5) is 0 Å². The Labute approximate surface area is 162 Å². The minimum atomic E-state index is 0.552. The first kappa shape index (κ1) is 20.2. The SMILES string of the molecule is N#CNC(=NCCSCCc1cnc[nH]1)NCCSCCc1cnc[nH]1. The molecule has 0 aromatic carbocycles. The fourth-order valence-corrected chi connectivity index (χ4v) is 3.67. The fourth-order valence-electron chi connectivity index (χ4n) is 2.07. The molecule has 140 valence electrons. The maximum absolute atomic E-state index is 8.82. The van der Waals surface area contributed by atoms with Gasteiger partial charge in [-0.2, -0.15) is 28.8 Å². The van der Waals surface area contributed by atoms with Crippen molar-refractivity contribution in [3.05, 3.63) is 36.4 Å². The lowest BCUT2D eigenvalue weighted by Crippen LogP contribution is -2.36. The number of aliphatic imine (C=N–C) groups is 1. The van der Waals surface area contributed by atoms with Gasteiger partial charge in [-0.25, -0.2) is 9.97 Å². The summed E-state index contributed by atoms with van der Waals surface area (Å²) in [6.45, 7) is 1.45. The molecule has 0 saturated carbocycles. The number of nitrogens with one attached hydrogen (secondary N) is 4. The molecule has 0 aliphatic heterocycles. The minimum Gasteiger partial charge on any atom is -0.355 e. The Morgan fingerprint density at radius 3 is 2.27 bits per heavy atom. The number of guanidine groups is 1. The lowest BCUT2D eigenvalue weighted by Gasteiger charge is -2.08. The Morgan fingerprint density at radius 2 is 1.69 bits per heavy atom. The normalized spacial score (nSPS) is 11.3. The molecule has 0 radical (unpaired) electrons. The smallest absolute Gasteiger partial charge is 0.204 e. The molecule has 0 spiro atoms. The van der Waals surface area contributed by atoms with Crippen molar-refractivity contribution in [3.63, 3.8) is 0 Å². The third-order valence-corrected chi connectivity index (χ3v) is 5.31. The summed E-state index contributed by atoms with van der Waals surface area (Å²) in [5.74, 6) is 4.49. The molecule has 2 heterocycles. The monoisotopic (exact) mass is 392 g/mol. The van der Waals surface area contributed by atoms with Gasteiger partial charge < -0.3 is 15.3 Å². The quantitative estimate of drug-likeness (QED) is 0.142. The van der Waals surface area contributed by atoms with E-state index in [2.05, 4.69) is 35.6 Å². The molecular weight excluding hydrogens is 368 g/mol. The molecule has 2 aromatic heterocycles. The van der Waals surface area contributed by atoms with Crippen LogP contribution in [0.25, 0.3) is 0 Å². The number of aromatic amines is 2. The molecule has 0 aliphatic carbocycles. The number of imidazole rings is 2. The van der Waals surface area contributed by atoms with E-state index >= 15 is 0 Å². The molecule has 0 fully saturated rings. The average Bonchev–Trinajstić information content (AvgIpc) is 3.34. The van der Waals surface area contributed by atoms with Gasteiger partial charge in [0, 0.05) is 41.8 Å². The lowest BCUT2D eigenvalue weighted by atomic mass is 10.4. The maximum Gasteiger partial charge on any atom is 0.204 e. The number of nitriles is 1. The summed E-state index contributed by atoms with van der Waals surface area (Å²) >= 11 is 3.70. The van der Waals surface area contributed by atoms with Gasteiger partial charge in [-0.15, -0.1) is 0 Å². The summed E-state index contributed by atoms with van der Waals surface area (Å²) in [6.07, 6.45) is 11.0. The number of aromatic nitrogens is 4. The van der Waals surface area contributed by atoms with E-state index < -0.39 is 0 Å². The van der Waals surface area contributed by atoms with Crippen molar-refractivity contribution in [2.75, 3.05) is 36.1 Å². The van der Waals surface area contributed by atoms with Crippen molar-refractivity contribution in [1.29, 1.82) is 5.26 Å². The van der Waals surface area contributed by atoms with Crippen molar-refractivity contribution in [2.45, 2.75) is 12.8 Å². The second-order valence-corrected chi connectivity index (χ2v) is 7.72. The summed E-state index contributed by atoms with van der Waals surface area (Å²) in [7, 11) is 0. The zero-order valence-electron chi connectivity index (χ0n) is 14.6. The van der Waals surface area contributed by atoms with Crippen LogP contribution in [-0.4, -0.2) is 62.0 Å². The molecule has 26 heavy (non-hydrogen) atoms. The number of nitrogens with zero attached hydrogens (tertiary/aromatic N) is 4. The van der Waals surface area contributed by atoms with Gasteiger partial charge in [0.1, 0.15) is 0 Å².